The van der Waals surface area contributed by atoms with Gasteiger partial charge in [0.25, 0.3) is 0 Å². The summed E-state index contributed by atoms with van der Waals surface area (Å²) < 4.78 is 5.74. The fourth-order valence-corrected chi connectivity index (χ4v) is 2.33. The number of hydrogen-bond acceptors (Lipinski definition) is 3. The van der Waals surface area contributed by atoms with Crippen LogP contribution >= 0.6 is 22.9 Å². The standard InChI is InChI=1S/C11H9ClO2S/c1-2-9-7(3-5-14-9)10(13)8-4-6-15-11(8)12/h3-6H,2H2,1H3. The third-order valence-corrected chi connectivity index (χ3v) is 3.34. The smallest absolute Gasteiger partial charge is 0.198 e. The molecule has 0 radical (unpaired) electrons. The number of rotatable bonds is 3. The molecule has 0 N–H and O–H groups in total. The summed E-state index contributed by atoms with van der Waals surface area (Å²) in [5.41, 5.74) is 1.16. The van der Waals surface area contributed by atoms with Crippen LogP contribution in [0.5, 0.6) is 0 Å². The molecule has 0 aliphatic heterocycles. The van der Waals surface area contributed by atoms with Gasteiger partial charge in [-0.15, -0.1) is 11.3 Å². The van der Waals surface area contributed by atoms with Crippen LogP contribution in [0.25, 0.3) is 0 Å². The van der Waals surface area contributed by atoms with E-state index in [1.165, 1.54) is 17.6 Å². The number of thiophene rings is 1. The molecule has 2 nitrogen and oxygen atoms in total. The van der Waals surface area contributed by atoms with Crippen LogP contribution in [0.3, 0.4) is 0 Å². The van der Waals surface area contributed by atoms with Gasteiger partial charge in [0.05, 0.1) is 17.4 Å². The Kier molecular flexibility index (Phi) is 2.93. The summed E-state index contributed by atoms with van der Waals surface area (Å²) >= 11 is 7.27. The van der Waals surface area contributed by atoms with Crippen molar-refractivity contribution in [3.8, 4) is 0 Å². The van der Waals surface area contributed by atoms with Crippen molar-refractivity contribution in [2.45, 2.75) is 13.3 Å². The Morgan fingerprint density at radius 1 is 1.47 bits per heavy atom. The van der Waals surface area contributed by atoms with Gasteiger partial charge in [0.1, 0.15) is 10.1 Å². The molecule has 2 heterocycles. The molecule has 2 aromatic rings. The number of furan rings is 1. The van der Waals surface area contributed by atoms with E-state index < -0.39 is 0 Å². The van der Waals surface area contributed by atoms with Crippen LogP contribution in [0.4, 0.5) is 0 Å². The molecule has 0 spiro atoms. The first kappa shape index (κ1) is 10.5. The van der Waals surface area contributed by atoms with Gasteiger partial charge in [0.15, 0.2) is 5.78 Å². The number of hydrogen-bond donors (Lipinski definition) is 0. The first-order valence-electron chi connectivity index (χ1n) is 4.58. The molecule has 0 saturated carbocycles. The summed E-state index contributed by atoms with van der Waals surface area (Å²) in [6.07, 6.45) is 2.24. The highest BCUT2D eigenvalue weighted by molar-refractivity contribution is 7.14. The van der Waals surface area contributed by atoms with Crippen LogP contribution in [-0.2, 0) is 6.42 Å². The van der Waals surface area contributed by atoms with Gasteiger partial charge in [-0.3, -0.25) is 4.79 Å². The normalized spacial score (nSPS) is 10.5. The molecule has 15 heavy (non-hydrogen) atoms. The molecule has 0 saturated heterocycles. The van der Waals surface area contributed by atoms with E-state index >= 15 is 0 Å². The molecule has 0 amide bonds. The molecule has 78 valence electrons. The van der Waals surface area contributed by atoms with E-state index in [0.717, 1.165) is 0 Å². The van der Waals surface area contributed by atoms with Crippen LogP contribution in [0, 0.1) is 0 Å². The number of ketones is 1. The van der Waals surface area contributed by atoms with E-state index in [2.05, 4.69) is 0 Å². The van der Waals surface area contributed by atoms with Crippen molar-refractivity contribution in [2.24, 2.45) is 0 Å². The molecule has 0 atom stereocenters. The first-order chi connectivity index (χ1) is 7.24. The lowest BCUT2D eigenvalue weighted by molar-refractivity contribution is 0.103. The van der Waals surface area contributed by atoms with E-state index in [9.17, 15) is 4.79 Å². The Morgan fingerprint density at radius 2 is 2.27 bits per heavy atom. The highest BCUT2D eigenvalue weighted by atomic mass is 35.5. The van der Waals surface area contributed by atoms with Gasteiger partial charge in [0, 0.05) is 6.42 Å². The molecular formula is C11H9ClO2S. The molecule has 0 aliphatic carbocycles. The molecular weight excluding hydrogens is 232 g/mol. The Morgan fingerprint density at radius 3 is 2.87 bits per heavy atom. The first-order valence-corrected chi connectivity index (χ1v) is 5.84. The highest BCUT2D eigenvalue weighted by Gasteiger charge is 2.18. The summed E-state index contributed by atoms with van der Waals surface area (Å²) in [6.45, 7) is 1.95. The maximum atomic E-state index is 12.0. The van der Waals surface area contributed by atoms with Crippen molar-refractivity contribution in [1.82, 2.24) is 0 Å². The van der Waals surface area contributed by atoms with Crippen molar-refractivity contribution in [3.63, 3.8) is 0 Å². The SMILES string of the molecule is CCc1occc1C(=O)c1ccsc1Cl. The van der Waals surface area contributed by atoms with Crippen molar-refractivity contribution in [2.75, 3.05) is 0 Å². The second-order valence-electron chi connectivity index (χ2n) is 3.05. The van der Waals surface area contributed by atoms with Crippen molar-refractivity contribution >= 4 is 28.7 Å². The van der Waals surface area contributed by atoms with Crippen LogP contribution < -0.4 is 0 Å². The molecule has 0 unspecified atom stereocenters. The number of carbonyl (C=O) groups is 1. The fraction of sp³-hybridized carbons (Fsp3) is 0.182. The van der Waals surface area contributed by atoms with Crippen molar-refractivity contribution in [1.29, 1.82) is 0 Å². The monoisotopic (exact) mass is 240 g/mol. The van der Waals surface area contributed by atoms with Gasteiger partial charge >= 0.3 is 0 Å². The summed E-state index contributed by atoms with van der Waals surface area (Å²) in [5.74, 6) is 0.647. The minimum atomic E-state index is -0.0631. The third kappa shape index (κ3) is 1.85. The van der Waals surface area contributed by atoms with Gasteiger partial charge < -0.3 is 4.42 Å². The molecule has 0 aromatic carbocycles. The Bertz CT molecular complexity index is 484. The molecule has 0 bridgehead atoms. The predicted molar refractivity (Wildman–Crippen MR) is 60.8 cm³/mol. The maximum Gasteiger partial charge on any atom is 0.198 e. The number of halogens is 1. The minimum absolute atomic E-state index is 0.0631. The summed E-state index contributed by atoms with van der Waals surface area (Å²) in [5, 5.41) is 1.81. The largest absolute Gasteiger partial charge is 0.469 e. The Labute approximate surface area is 96.5 Å². The third-order valence-electron chi connectivity index (χ3n) is 2.17. The average Bonchev–Trinajstić information content (AvgIpc) is 2.84. The number of carbonyl (C=O) groups excluding carboxylic acids is 1. The van der Waals surface area contributed by atoms with E-state index in [1.807, 2.05) is 6.92 Å². The molecule has 0 fully saturated rings. The average molecular weight is 241 g/mol. The lowest BCUT2D eigenvalue weighted by Crippen LogP contribution is -2.01. The fourth-order valence-electron chi connectivity index (χ4n) is 1.42. The van der Waals surface area contributed by atoms with E-state index in [0.29, 0.717) is 27.6 Å². The van der Waals surface area contributed by atoms with Gasteiger partial charge in [-0.2, -0.15) is 0 Å². The lowest BCUT2D eigenvalue weighted by Gasteiger charge is -1.98. The topological polar surface area (TPSA) is 30.2 Å². The van der Waals surface area contributed by atoms with E-state index in [-0.39, 0.29) is 5.78 Å². The summed E-state index contributed by atoms with van der Waals surface area (Å²) in [4.78, 5) is 12.0. The molecule has 4 heteroatoms. The van der Waals surface area contributed by atoms with Crippen molar-refractivity contribution in [3.05, 3.63) is 45.0 Å². The zero-order valence-electron chi connectivity index (χ0n) is 8.12. The van der Waals surface area contributed by atoms with Gasteiger partial charge in [-0.25, -0.2) is 0 Å². The quantitative estimate of drug-likeness (QED) is 0.764. The maximum absolute atomic E-state index is 12.0. The van der Waals surface area contributed by atoms with E-state index in [4.69, 9.17) is 16.0 Å². The van der Waals surface area contributed by atoms with Crippen LogP contribution in [0.15, 0.2) is 28.2 Å². The zero-order valence-corrected chi connectivity index (χ0v) is 9.69. The highest BCUT2D eigenvalue weighted by Crippen LogP contribution is 2.26. The lowest BCUT2D eigenvalue weighted by atomic mass is 10.1. The predicted octanol–water partition coefficient (Wildman–Crippen LogP) is 3.79. The number of aryl methyl sites for hydroxylation is 1. The van der Waals surface area contributed by atoms with Gasteiger partial charge in [-0.05, 0) is 17.5 Å². The molecule has 0 aliphatic rings. The van der Waals surface area contributed by atoms with Gasteiger partial charge in [0.2, 0.25) is 0 Å². The van der Waals surface area contributed by atoms with Crippen molar-refractivity contribution < 1.29 is 9.21 Å². The van der Waals surface area contributed by atoms with Crippen LogP contribution in [0.2, 0.25) is 4.34 Å². The zero-order chi connectivity index (χ0) is 10.8. The second-order valence-corrected chi connectivity index (χ2v) is 4.57. The Balaban J connectivity index is 2.41. The Hall–Kier alpha value is -1.06. The summed E-state index contributed by atoms with van der Waals surface area (Å²) in [6, 6.07) is 3.43. The van der Waals surface area contributed by atoms with Crippen LogP contribution in [0.1, 0.15) is 28.6 Å². The second kappa shape index (κ2) is 4.21. The minimum Gasteiger partial charge on any atom is -0.469 e. The molecule has 2 rings (SSSR count). The van der Waals surface area contributed by atoms with E-state index in [1.54, 1.807) is 17.5 Å². The van der Waals surface area contributed by atoms with Crippen LogP contribution in [-0.4, -0.2) is 5.78 Å². The molecule has 2 aromatic heterocycles. The summed E-state index contributed by atoms with van der Waals surface area (Å²) in [7, 11) is 0. The van der Waals surface area contributed by atoms with Gasteiger partial charge in [-0.1, -0.05) is 18.5 Å².